The largest absolute Gasteiger partial charge is 0.493 e. The lowest BCUT2D eigenvalue weighted by molar-refractivity contribution is -0.163. The van der Waals surface area contributed by atoms with Crippen LogP contribution in [0, 0.1) is 0 Å². The number of benzene rings is 2. The van der Waals surface area contributed by atoms with Gasteiger partial charge in [0.1, 0.15) is 5.75 Å². The van der Waals surface area contributed by atoms with E-state index in [0.29, 0.717) is 40.9 Å². The van der Waals surface area contributed by atoms with Crippen LogP contribution in [0.2, 0.25) is 0 Å². The molecule has 2 aromatic rings. The molecule has 0 amide bonds. The van der Waals surface area contributed by atoms with Crippen molar-refractivity contribution in [3.8, 4) is 34.5 Å². The van der Waals surface area contributed by atoms with Crippen molar-refractivity contribution < 1.29 is 33.2 Å². The van der Waals surface area contributed by atoms with Crippen LogP contribution in [0.4, 0.5) is 0 Å². The Bertz CT molecular complexity index is 870. The minimum absolute atomic E-state index is 0.0306. The second-order valence-electron chi connectivity index (χ2n) is 6.90. The van der Waals surface area contributed by atoms with Gasteiger partial charge in [0.25, 0.3) is 0 Å². The van der Waals surface area contributed by atoms with Crippen molar-refractivity contribution in [2.75, 3.05) is 35.2 Å². The first-order valence-corrected chi connectivity index (χ1v) is 8.99. The Morgan fingerprint density at radius 1 is 0.857 bits per heavy atom. The lowest BCUT2D eigenvalue weighted by Crippen LogP contribution is -2.40. The zero-order valence-corrected chi connectivity index (χ0v) is 16.7. The lowest BCUT2D eigenvalue weighted by Gasteiger charge is -2.39. The van der Waals surface area contributed by atoms with Gasteiger partial charge < -0.3 is 33.2 Å². The van der Waals surface area contributed by atoms with Crippen LogP contribution >= 0.6 is 0 Å². The van der Waals surface area contributed by atoms with Gasteiger partial charge in [0, 0.05) is 38.0 Å². The monoisotopic (exact) mass is 388 g/mol. The molecule has 0 saturated carbocycles. The molecule has 0 aliphatic carbocycles. The van der Waals surface area contributed by atoms with Gasteiger partial charge in [-0.15, -0.1) is 0 Å². The predicted octanol–water partition coefficient (Wildman–Crippen LogP) is 3.72. The van der Waals surface area contributed by atoms with Gasteiger partial charge in [0.15, 0.2) is 23.0 Å². The zero-order valence-electron chi connectivity index (χ0n) is 16.7. The molecule has 2 aromatic carbocycles. The highest BCUT2D eigenvalue weighted by Crippen LogP contribution is 2.51. The second-order valence-corrected chi connectivity index (χ2v) is 6.90. The van der Waals surface area contributed by atoms with E-state index in [-0.39, 0.29) is 12.7 Å². The van der Waals surface area contributed by atoms with Crippen LogP contribution in [0.25, 0.3) is 0 Å². The minimum atomic E-state index is -0.786. The average Bonchev–Trinajstić information content (AvgIpc) is 3.17. The normalized spacial score (nSPS) is 22.2. The zero-order chi connectivity index (χ0) is 19.9. The van der Waals surface area contributed by atoms with Crippen molar-refractivity contribution >= 4 is 0 Å². The number of hydrogen-bond acceptors (Lipinski definition) is 7. The Morgan fingerprint density at radius 3 is 2.07 bits per heavy atom. The summed E-state index contributed by atoms with van der Waals surface area (Å²) in [6, 6.07) is 7.75. The summed E-state index contributed by atoms with van der Waals surface area (Å²) in [4.78, 5) is 0. The van der Waals surface area contributed by atoms with Crippen molar-refractivity contribution in [2.45, 2.75) is 25.0 Å². The highest BCUT2D eigenvalue weighted by Gasteiger charge is 2.40. The van der Waals surface area contributed by atoms with Crippen LogP contribution in [0.3, 0.4) is 0 Å². The molecule has 2 heterocycles. The van der Waals surface area contributed by atoms with E-state index in [4.69, 9.17) is 33.2 Å². The summed E-state index contributed by atoms with van der Waals surface area (Å²) in [6.45, 7) is 2.13. The Morgan fingerprint density at radius 2 is 1.50 bits per heavy atom. The molecular weight excluding hydrogens is 364 g/mol. The molecule has 150 valence electrons. The number of hydrogen-bond donors (Lipinski definition) is 0. The van der Waals surface area contributed by atoms with E-state index < -0.39 is 5.79 Å². The van der Waals surface area contributed by atoms with Crippen LogP contribution in [0.5, 0.6) is 34.5 Å². The SMILES string of the molecule is COc1cc(C2CC(C)(OC)Oc3cc4c(cc32)OCO4)cc(OC)c1OC. The van der Waals surface area contributed by atoms with Gasteiger partial charge in [-0.3, -0.25) is 0 Å². The van der Waals surface area contributed by atoms with E-state index in [9.17, 15) is 0 Å². The molecule has 0 bridgehead atoms. The molecular formula is C21H24O7. The molecule has 0 spiro atoms. The van der Waals surface area contributed by atoms with Gasteiger partial charge in [-0.25, -0.2) is 0 Å². The molecule has 7 heteroatoms. The summed E-state index contributed by atoms with van der Waals surface area (Å²) < 4.78 is 39.5. The van der Waals surface area contributed by atoms with E-state index in [0.717, 1.165) is 11.1 Å². The van der Waals surface area contributed by atoms with Crippen LogP contribution in [-0.2, 0) is 4.74 Å². The van der Waals surface area contributed by atoms with Gasteiger partial charge in [-0.05, 0) is 23.8 Å². The molecule has 28 heavy (non-hydrogen) atoms. The van der Waals surface area contributed by atoms with Crippen LogP contribution < -0.4 is 28.4 Å². The molecule has 7 nitrogen and oxygen atoms in total. The lowest BCUT2D eigenvalue weighted by atomic mass is 9.82. The Hall–Kier alpha value is -2.80. The van der Waals surface area contributed by atoms with E-state index in [1.165, 1.54) is 0 Å². The van der Waals surface area contributed by atoms with Crippen LogP contribution in [-0.4, -0.2) is 41.0 Å². The Labute approximate surface area is 164 Å². The van der Waals surface area contributed by atoms with E-state index in [2.05, 4.69) is 0 Å². The van der Waals surface area contributed by atoms with Crippen LogP contribution in [0.1, 0.15) is 30.4 Å². The molecule has 2 unspecified atom stereocenters. The van der Waals surface area contributed by atoms with Gasteiger partial charge in [0.2, 0.25) is 18.3 Å². The molecule has 2 atom stereocenters. The maximum Gasteiger partial charge on any atom is 0.231 e. The third kappa shape index (κ3) is 2.96. The van der Waals surface area contributed by atoms with Crippen molar-refractivity contribution in [3.63, 3.8) is 0 Å². The first kappa shape index (κ1) is 18.6. The third-order valence-electron chi connectivity index (χ3n) is 5.30. The van der Waals surface area contributed by atoms with Crippen molar-refractivity contribution in [2.24, 2.45) is 0 Å². The van der Waals surface area contributed by atoms with Crippen LogP contribution in [0.15, 0.2) is 24.3 Å². The van der Waals surface area contributed by atoms with Gasteiger partial charge in [-0.2, -0.15) is 0 Å². The fraction of sp³-hybridized carbons (Fsp3) is 0.429. The van der Waals surface area contributed by atoms with Gasteiger partial charge in [-0.1, -0.05) is 0 Å². The van der Waals surface area contributed by atoms with Crippen molar-refractivity contribution in [1.82, 2.24) is 0 Å². The Balaban J connectivity index is 1.88. The first-order chi connectivity index (χ1) is 13.5. The maximum atomic E-state index is 6.16. The fourth-order valence-electron chi connectivity index (χ4n) is 3.78. The summed E-state index contributed by atoms with van der Waals surface area (Å²) in [5.41, 5.74) is 1.99. The standard InChI is InChI=1S/C21H24O7/c1-21(25-5)10-14(12-6-18(22-2)20(24-4)19(7-12)23-3)13-8-16-17(27-11-26-16)9-15(13)28-21/h6-9,14H,10-11H2,1-5H3. The maximum absolute atomic E-state index is 6.16. The summed E-state index contributed by atoms with van der Waals surface area (Å²) in [6.07, 6.45) is 0.606. The van der Waals surface area contributed by atoms with Crippen molar-refractivity contribution in [1.29, 1.82) is 0 Å². The second kappa shape index (κ2) is 6.98. The molecule has 2 aliphatic rings. The summed E-state index contributed by atoms with van der Waals surface area (Å²) in [5.74, 6) is 3.03. The smallest absolute Gasteiger partial charge is 0.231 e. The number of fused-ring (bicyclic) bond motifs is 2. The number of ether oxygens (including phenoxy) is 7. The summed E-state index contributed by atoms with van der Waals surface area (Å²) >= 11 is 0. The highest BCUT2D eigenvalue weighted by molar-refractivity contribution is 5.59. The van der Waals surface area contributed by atoms with Gasteiger partial charge >= 0.3 is 0 Å². The highest BCUT2D eigenvalue weighted by atomic mass is 16.7. The van der Waals surface area contributed by atoms with E-state index in [1.54, 1.807) is 28.4 Å². The minimum Gasteiger partial charge on any atom is -0.493 e. The molecule has 0 N–H and O–H groups in total. The topological polar surface area (TPSA) is 64.6 Å². The van der Waals surface area contributed by atoms with E-state index in [1.807, 2.05) is 31.2 Å². The average molecular weight is 388 g/mol. The molecule has 4 rings (SSSR count). The first-order valence-electron chi connectivity index (χ1n) is 8.99. The van der Waals surface area contributed by atoms with Crippen molar-refractivity contribution in [3.05, 3.63) is 35.4 Å². The van der Waals surface area contributed by atoms with E-state index >= 15 is 0 Å². The van der Waals surface area contributed by atoms with Gasteiger partial charge in [0.05, 0.1) is 21.3 Å². The molecule has 0 fully saturated rings. The summed E-state index contributed by atoms with van der Waals surface area (Å²) in [5, 5.41) is 0. The molecule has 0 saturated heterocycles. The Kier molecular flexibility index (Phi) is 4.63. The third-order valence-corrected chi connectivity index (χ3v) is 5.30. The number of methoxy groups -OCH3 is 4. The molecule has 0 aromatic heterocycles. The summed E-state index contributed by atoms with van der Waals surface area (Å²) in [7, 11) is 6.45. The molecule has 0 radical (unpaired) electrons. The quantitative estimate of drug-likeness (QED) is 0.773. The predicted molar refractivity (Wildman–Crippen MR) is 101 cm³/mol. The fourth-order valence-corrected chi connectivity index (χ4v) is 3.78. The number of rotatable bonds is 5. The molecule has 2 aliphatic heterocycles.